The second-order valence-electron chi connectivity index (χ2n) is 9.21. The summed E-state index contributed by atoms with van der Waals surface area (Å²) in [5.74, 6) is -0.165. The molecule has 2 amide bonds. The molecule has 0 bridgehead atoms. The van der Waals surface area contributed by atoms with Crippen LogP contribution < -0.4 is 10.1 Å². The van der Waals surface area contributed by atoms with Gasteiger partial charge in [0.25, 0.3) is 5.91 Å². The van der Waals surface area contributed by atoms with E-state index in [0.29, 0.717) is 27.2 Å². The summed E-state index contributed by atoms with van der Waals surface area (Å²) in [6, 6.07) is 21.2. The summed E-state index contributed by atoms with van der Waals surface area (Å²) in [5, 5.41) is 4.52. The van der Waals surface area contributed by atoms with Crippen molar-refractivity contribution in [2.75, 3.05) is 6.61 Å². The Morgan fingerprint density at radius 2 is 1.59 bits per heavy atom. The second kappa shape index (κ2) is 13.2. The van der Waals surface area contributed by atoms with E-state index < -0.39 is 6.04 Å². The summed E-state index contributed by atoms with van der Waals surface area (Å²) in [4.78, 5) is 28.9. The molecule has 0 aliphatic heterocycles. The van der Waals surface area contributed by atoms with Crippen LogP contribution in [0.3, 0.4) is 0 Å². The normalized spacial score (nSPS) is 14.2. The fourth-order valence-electron chi connectivity index (χ4n) is 4.57. The molecule has 0 heterocycles. The number of nitrogens with zero attached hydrogens (tertiary/aromatic N) is 1. The summed E-state index contributed by atoms with van der Waals surface area (Å²) in [5.41, 5.74) is 1.77. The van der Waals surface area contributed by atoms with Crippen LogP contribution in [0.1, 0.15) is 36.8 Å². The van der Waals surface area contributed by atoms with Crippen molar-refractivity contribution in [1.29, 1.82) is 0 Å². The summed E-state index contributed by atoms with van der Waals surface area (Å²) in [6.45, 7) is -0.0867. The highest BCUT2D eigenvalue weighted by atomic mass is 35.5. The number of amides is 2. The van der Waals surface area contributed by atoms with E-state index in [2.05, 4.69) is 5.32 Å². The molecule has 0 aromatic heterocycles. The SMILES string of the molecule is O=C(NC1CCCC1)C(Cc1ccccc1)N(Cc1cccc(Cl)c1)C(=O)COc1ccc(Cl)cc1Cl. The highest BCUT2D eigenvalue weighted by Crippen LogP contribution is 2.28. The highest BCUT2D eigenvalue weighted by Gasteiger charge is 2.32. The Labute approximate surface area is 232 Å². The standard InChI is InChI=1S/C29H29Cl3N2O3/c30-22-10-6-9-21(15-22)18-34(28(35)19-37-27-14-13-23(31)17-25(27)32)26(16-20-7-2-1-3-8-20)29(36)33-24-11-4-5-12-24/h1-3,6-10,13-15,17,24,26H,4-5,11-12,16,18-19H2,(H,33,36). The van der Waals surface area contributed by atoms with Crippen molar-refractivity contribution < 1.29 is 14.3 Å². The average molecular weight is 560 g/mol. The minimum atomic E-state index is -0.737. The van der Waals surface area contributed by atoms with Crippen LogP contribution in [-0.4, -0.2) is 35.4 Å². The number of halogens is 3. The third kappa shape index (κ3) is 7.88. The molecule has 5 nitrogen and oxygen atoms in total. The van der Waals surface area contributed by atoms with Crippen LogP contribution in [0.15, 0.2) is 72.8 Å². The van der Waals surface area contributed by atoms with Crippen molar-refractivity contribution in [3.8, 4) is 5.75 Å². The predicted molar refractivity (Wildman–Crippen MR) is 148 cm³/mol. The third-order valence-corrected chi connectivity index (χ3v) is 7.23. The Balaban J connectivity index is 1.62. The zero-order valence-electron chi connectivity index (χ0n) is 20.3. The predicted octanol–water partition coefficient (Wildman–Crippen LogP) is 6.72. The molecule has 3 aromatic carbocycles. The number of carbonyl (C=O) groups excluding carboxylic acids is 2. The zero-order valence-corrected chi connectivity index (χ0v) is 22.6. The molecule has 1 N–H and O–H groups in total. The lowest BCUT2D eigenvalue weighted by atomic mass is 10.0. The molecule has 0 spiro atoms. The molecular weight excluding hydrogens is 531 g/mol. The number of rotatable bonds is 10. The van der Waals surface area contributed by atoms with E-state index in [0.717, 1.165) is 36.8 Å². The zero-order chi connectivity index (χ0) is 26.2. The lowest BCUT2D eigenvalue weighted by Gasteiger charge is -2.32. The minimum Gasteiger partial charge on any atom is -0.482 e. The minimum absolute atomic E-state index is 0.123. The number of hydrogen-bond donors (Lipinski definition) is 1. The molecule has 0 radical (unpaired) electrons. The molecule has 37 heavy (non-hydrogen) atoms. The van der Waals surface area contributed by atoms with Gasteiger partial charge >= 0.3 is 0 Å². The van der Waals surface area contributed by atoms with E-state index in [1.807, 2.05) is 42.5 Å². The molecule has 1 atom stereocenters. The van der Waals surface area contributed by atoms with Crippen molar-refractivity contribution in [2.45, 2.75) is 50.7 Å². The molecular formula is C29H29Cl3N2O3. The first-order chi connectivity index (χ1) is 17.9. The topological polar surface area (TPSA) is 58.6 Å². The fourth-order valence-corrected chi connectivity index (χ4v) is 5.24. The Bertz CT molecular complexity index is 1220. The molecule has 194 valence electrons. The number of carbonyl (C=O) groups is 2. The molecule has 1 fully saturated rings. The quantitative estimate of drug-likeness (QED) is 0.300. The Morgan fingerprint density at radius 1 is 0.892 bits per heavy atom. The fraction of sp³-hybridized carbons (Fsp3) is 0.310. The van der Waals surface area contributed by atoms with Gasteiger partial charge in [-0.05, 0) is 54.3 Å². The lowest BCUT2D eigenvalue weighted by Crippen LogP contribution is -2.53. The van der Waals surface area contributed by atoms with Gasteiger partial charge in [-0.2, -0.15) is 0 Å². The number of nitrogens with one attached hydrogen (secondary N) is 1. The van der Waals surface area contributed by atoms with Crippen LogP contribution in [0.4, 0.5) is 0 Å². The maximum Gasteiger partial charge on any atom is 0.261 e. The molecule has 0 saturated heterocycles. The summed E-state index contributed by atoms with van der Waals surface area (Å²) < 4.78 is 5.77. The molecule has 8 heteroatoms. The van der Waals surface area contributed by atoms with Gasteiger partial charge in [-0.3, -0.25) is 9.59 Å². The van der Waals surface area contributed by atoms with Crippen molar-refractivity contribution in [2.24, 2.45) is 0 Å². The van der Waals surface area contributed by atoms with E-state index in [-0.39, 0.29) is 31.0 Å². The van der Waals surface area contributed by atoms with Crippen molar-refractivity contribution >= 4 is 46.6 Å². The second-order valence-corrected chi connectivity index (χ2v) is 10.5. The maximum absolute atomic E-state index is 13.7. The highest BCUT2D eigenvalue weighted by molar-refractivity contribution is 6.35. The van der Waals surface area contributed by atoms with Crippen LogP contribution in [0.2, 0.25) is 15.1 Å². The van der Waals surface area contributed by atoms with Gasteiger partial charge < -0.3 is 15.0 Å². The first-order valence-corrected chi connectivity index (χ1v) is 13.5. The average Bonchev–Trinajstić information content (AvgIpc) is 3.39. The number of benzene rings is 3. The van der Waals surface area contributed by atoms with Crippen molar-refractivity contribution in [3.63, 3.8) is 0 Å². The maximum atomic E-state index is 13.7. The van der Waals surface area contributed by atoms with Crippen molar-refractivity contribution in [1.82, 2.24) is 10.2 Å². The van der Waals surface area contributed by atoms with Crippen molar-refractivity contribution in [3.05, 3.63) is 99.0 Å². The van der Waals surface area contributed by atoms with Crippen LogP contribution >= 0.6 is 34.8 Å². The van der Waals surface area contributed by atoms with Crippen LogP contribution in [0.5, 0.6) is 5.75 Å². The van der Waals surface area contributed by atoms with E-state index >= 15 is 0 Å². The van der Waals surface area contributed by atoms with E-state index in [1.165, 1.54) is 0 Å². The van der Waals surface area contributed by atoms with Gasteiger partial charge in [0.15, 0.2) is 6.61 Å². The summed E-state index contributed by atoms with van der Waals surface area (Å²) in [7, 11) is 0. The van der Waals surface area contributed by atoms with E-state index in [4.69, 9.17) is 39.5 Å². The Kier molecular flexibility index (Phi) is 9.73. The molecule has 4 rings (SSSR count). The van der Waals surface area contributed by atoms with Crippen LogP contribution in [0.25, 0.3) is 0 Å². The van der Waals surface area contributed by atoms with E-state index in [9.17, 15) is 9.59 Å². The van der Waals surface area contributed by atoms with Crippen LogP contribution in [0, 0.1) is 0 Å². The summed E-state index contributed by atoms with van der Waals surface area (Å²) in [6.07, 6.45) is 4.45. The Morgan fingerprint density at radius 3 is 2.30 bits per heavy atom. The van der Waals surface area contributed by atoms with Gasteiger partial charge in [0.05, 0.1) is 5.02 Å². The molecule has 3 aromatic rings. The van der Waals surface area contributed by atoms with E-state index in [1.54, 1.807) is 35.2 Å². The third-order valence-electron chi connectivity index (χ3n) is 6.46. The van der Waals surface area contributed by atoms with Gasteiger partial charge in [0, 0.05) is 29.1 Å². The molecule has 1 aliphatic carbocycles. The van der Waals surface area contributed by atoms with Gasteiger partial charge in [-0.1, -0.05) is 90.1 Å². The first-order valence-electron chi connectivity index (χ1n) is 12.3. The van der Waals surface area contributed by atoms with Gasteiger partial charge in [-0.25, -0.2) is 0 Å². The molecule has 1 saturated carbocycles. The Hall–Kier alpha value is -2.73. The smallest absolute Gasteiger partial charge is 0.261 e. The number of ether oxygens (including phenoxy) is 1. The van der Waals surface area contributed by atoms with Crippen LogP contribution in [-0.2, 0) is 22.6 Å². The monoisotopic (exact) mass is 558 g/mol. The molecule has 1 aliphatic rings. The first kappa shape index (κ1) is 27.3. The van der Waals surface area contributed by atoms with Gasteiger partial charge in [0.1, 0.15) is 11.8 Å². The molecule has 1 unspecified atom stereocenters. The largest absolute Gasteiger partial charge is 0.482 e. The lowest BCUT2D eigenvalue weighted by molar-refractivity contribution is -0.143. The number of hydrogen-bond acceptors (Lipinski definition) is 3. The summed E-state index contributed by atoms with van der Waals surface area (Å²) >= 11 is 18.5. The van der Waals surface area contributed by atoms with Gasteiger partial charge in [-0.15, -0.1) is 0 Å². The van der Waals surface area contributed by atoms with Gasteiger partial charge in [0.2, 0.25) is 5.91 Å².